The van der Waals surface area contributed by atoms with E-state index in [0.717, 1.165) is 5.54 Å². The van der Waals surface area contributed by atoms with Crippen LogP contribution in [0.2, 0.25) is 25.2 Å². The second-order valence-corrected chi connectivity index (χ2v) is 10.8. The quantitative estimate of drug-likeness (QED) is 0.596. The fourth-order valence-corrected chi connectivity index (χ4v) is 6.22. The average Bonchev–Trinajstić information content (AvgIpc) is 1.86. The van der Waals surface area contributed by atoms with Crippen LogP contribution in [0.1, 0.15) is 19.3 Å². The van der Waals surface area contributed by atoms with E-state index in [1.165, 1.54) is 23.7 Å². The van der Waals surface area contributed by atoms with Gasteiger partial charge in [-0.05, 0) is 29.3 Å². The van der Waals surface area contributed by atoms with Gasteiger partial charge in [-0.3, -0.25) is 0 Å². The first-order valence-corrected chi connectivity index (χ1v) is 8.74. The number of hydrogen-bond donors (Lipinski definition) is 0. The van der Waals surface area contributed by atoms with Gasteiger partial charge >= 0.3 is 0 Å². The Balaban J connectivity index is 2.71. The van der Waals surface area contributed by atoms with Crippen LogP contribution in [0.3, 0.4) is 0 Å². The van der Waals surface area contributed by atoms with E-state index in [2.05, 4.69) is 41.6 Å². The summed E-state index contributed by atoms with van der Waals surface area (Å²) in [7, 11) is -0.935. The van der Waals surface area contributed by atoms with E-state index < -0.39 is 8.07 Å². The van der Waals surface area contributed by atoms with E-state index in [4.69, 9.17) is 0 Å². The van der Waals surface area contributed by atoms with Crippen LogP contribution in [-0.4, -0.2) is 8.07 Å². The molecule has 0 unspecified atom stereocenters. The van der Waals surface area contributed by atoms with E-state index in [1.54, 1.807) is 0 Å². The molecular weight excluding hydrogens is 216 g/mol. The largest absolute Gasteiger partial charge is 0.0744 e. The van der Waals surface area contributed by atoms with Crippen molar-refractivity contribution in [2.24, 2.45) is 0 Å². The van der Waals surface area contributed by atoms with Crippen LogP contribution in [0.5, 0.6) is 0 Å². The Morgan fingerprint density at radius 2 is 2.09 bits per heavy atom. The van der Waals surface area contributed by atoms with Crippen molar-refractivity contribution in [1.82, 2.24) is 0 Å². The molecule has 0 amide bonds. The van der Waals surface area contributed by atoms with Gasteiger partial charge < -0.3 is 0 Å². The van der Waals surface area contributed by atoms with E-state index in [1.807, 2.05) is 0 Å². The average molecular weight is 233 g/mol. The molecule has 0 aliphatic heterocycles. The number of hydrogen-bond acceptors (Lipinski definition) is 0. The van der Waals surface area contributed by atoms with Gasteiger partial charge in [-0.25, -0.2) is 0 Å². The Bertz CT molecular complexity index is 167. The first kappa shape index (κ1) is 9.52. The standard InChI is InChI=1S/C9H17BrSi/c1-11(2,3)9-7-5-4-6-8(9)10/h6,9H,4-5,7H2,1-3H3/t9-/m0/s1. The van der Waals surface area contributed by atoms with E-state index in [9.17, 15) is 0 Å². The topological polar surface area (TPSA) is 0 Å². The third-order valence-electron chi connectivity index (χ3n) is 2.41. The molecule has 11 heavy (non-hydrogen) atoms. The number of rotatable bonds is 1. The smallest absolute Gasteiger partial charge is 0.0528 e. The Morgan fingerprint density at radius 1 is 1.45 bits per heavy atom. The van der Waals surface area contributed by atoms with Crippen LogP contribution in [-0.2, 0) is 0 Å². The number of allylic oxidation sites excluding steroid dienone is 2. The summed E-state index contributed by atoms with van der Waals surface area (Å²) in [6.07, 6.45) is 6.45. The molecular formula is C9H17BrSi. The highest BCUT2D eigenvalue weighted by Gasteiger charge is 2.29. The predicted octanol–water partition coefficient (Wildman–Crippen LogP) is 4.16. The maximum atomic E-state index is 3.69. The molecule has 0 spiro atoms. The van der Waals surface area contributed by atoms with Gasteiger partial charge in [-0.2, -0.15) is 0 Å². The highest BCUT2D eigenvalue weighted by molar-refractivity contribution is 9.11. The Hall–Kier alpha value is 0.437. The van der Waals surface area contributed by atoms with Crippen LogP contribution in [0.4, 0.5) is 0 Å². The van der Waals surface area contributed by atoms with Gasteiger partial charge in [-0.1, -0.05) is 41.6 Å². The van der Waals surface area contributed by atoms with Gasteiger partial charge in [-0.15, -0.1) is 0 Å². The van der Waals surface area contributed by atoms with Crippen LogP contribution in [0.15, 0.2) is 10.6 Å². The zero-order chi connectivity index (χ0) is 8.48. The van der Waals surface area contributed by atoms with Crippen molar-refractivity contribution >= 4 is 24.0 Å². The molecule has 0 radical (unpaired) electrons. The fraction of sp³-hybridized carbons (Fsp3) is 0.778. The van der Waals surface area contributed by atoms with Gasteiger partial charge in [0.05, 0.1) is 8.07 Å². The molecule has 1 atom stereocenters. The SMILES string of the molecule is C[Si](C)(C)[C@H]1CCCC=C1Br. The lowest BCUT2D eigenvalue weighted by molar-refractivity contribution is 0.708. The predicted molar refractivity (Wildman–Crippen MR) is 58.0 cm³/mol. The van der Waals surface area contributed by atoms with Crippen molar-refractivity contribution in [3.05, 3.63) is 10.6 Å². The van der Waals surface area contributed by atoms with Gasteiger partial charge in [0.25, 0.3) is 0 Å². The van der Waals surface area contributed by atoms with Crippen molar-refractivity contribution in [2.45, 2.75) is 44.4 Å². The van der Waals surface area contributed by atoms with Crippen LogP contribution >= 0.6 is 15.9 Å². The summed E-state index contributed by atoms with van der Waals surface area (Å²) in [5.74, 6) is 0. The van der Waals surface area contributed by atoms with E-state index in [0.29, 0.717) is 0 Å². The van der Waals surface area contributed by atoms with Gasteiger partial charge in [0.2, 0.25) is 0 Å². The zero-order valence-corrected chi connectivity index (χ0v) is 10.2. The van der Waals surface area contributed by atoms with Crippen LogP contribution in [0.25, 0.3) is 0 Å². The Kier molecular flexibility index (Phi) is 2.98. The first-order chi connectivity index (χ1) is 5.02. The van der Waals surface area contributed by atoms with Crippen molar-refractivity contribution < 1.29 is 0 Å². The zero-order valence-electron chi connectivity index (χ0n) is 7.65. The van der Waals surface area contributed by atoms with Gasteiger partial charge in [0, 0.05) is 0 Å². The minimum absolute atomic E-state index is 0.885. The molecule has 0 nitrogen and oxygen atoms in total. The fourth-order valence-electron chi connectivity index (χ4n) is 1.69. The monoisotopic (exact) mass is 232 g/mol. The van der Waals surface area contributed by atoms with E-state index in [-0.39, 0.29) is 0 Å². The molecule has 0 aromatic rings. The summed E-state index contributed by atoms with van der Waals surface area (Å²) in [5.41, 5.74) is 0.885. The van der Waals surface area contributed by atoms with Crippen LogP contribution in [0, 0.1) is 0 Å². The first-order valence-electron chi connectivity index (χ1n) is 4.37. The molecule has 2 heteroatoms. The molecule has 64 valence electrons. The minimum Gasteiger partial charge on any atom is -0.0744 e. The molecule has 0 saturated heterocycles. The third-order valence-corrected chi connectivity index (χ3v) is 6.40. The summed E-state index contributed by atoms with van der Waals surface area (Å²) >= 11 is 3.69. The summed E-state index contributed by atoms with van der Waals surface area (Å²) < 4.78 is 1.49. The lowest BCUT2D eigenvalue weighted by Gasteiger charge is -2.31. The van der Waals surface area contributed by atoms with E-state index >= 15 is 0 Å². The Morgan fingerprint density at radius 3 is 2.45 bits per heavy atom. The lowest BCUT2D eigenvalue weighted by atomic mass is 10.1. The Labute approximate surface area is 79.2 Å². The third kappa shape index (κ3) is 2.44. The van der Waals surface area contributed by atoms with Crippen molar-refractivity contribution in [3.63, 3.8) is 0 Å². The molecule has 0 aromatic heterocycles. The molecule has 1 aliphatic carbocycles. The molecule has 0 heterocycles. The number of halogens is 1. The molecule has 0 N–H and O–H groups in total. The van der Waals surface area contributed by atoms with Gasteiger partial charge in [0.1, 0.15) is 0 Å². The van der Waals surface area contributed by atoms with Crippen molar-refractivity contribution in [1.29, 1.82) is 0 Å². The summed E-state index contributed by atoms with van der Waals surface area (Å²) in [6, 6.07) is 0. The maximum Gasteiger partial charge on any atom is 0.0528 e. The minimum atomic E-state index is -0.935. The molecule has 0 aromatic carbocycles. The van der Waals surface area contributed by atoms with Gasteiger partial charge in [0.15, 0.2) is 0 Å². The lowest BCUT2D eigenvalue weighted by Crippen LogP contribution is -2.29. The normalized spacial score (nSPS) is 26.5. The van der Waals surface area contributed by atoms with Crippen LogP contribution < -0.4 is 0 Å². The molecule has 0 bridgehead atoms. The summed E-state index contributed by atoms with van der Waals surface area (Å²) in [6.45, 7) is 7.37. The highest BCUT2D eigenvalue weighted by Crippen LogP contribution is 2.40. The molecule has 0 saturated carbocycles. The molecule has 1 aliphatic rings. The summed E-state index contributed by atoms with van der Waals surface area (Å²) in [5, 5.41) is 0. The van der Waals surface area contributed by atoms with Crippen molar-refractivity contribution in [2.75, 3.05) is 0 Å². The second-order valence-electron chi connectivity index (χ2n) is 4.44. The van der Waals surface area contributed by atoms with Crippen molar-refractivity contribution in [3.8, 4) is 0 Å². The molecule has 0 fully saturated rings. The summed E-state index contributed by atoms with van der Waals surface area (Å²) in [4.78, 5) is 0. The molecule has 1 rings (SSSR count). The maximum absolute atomic E-state index is 3.69. The highest BCUT2D eigenvalue weighted by atomic mass is 79.9. The second kappa shape index (κ2) is 3.44.